The first kappa shape index (κ1) is 14.2. The zero-order chi connectivity index (χ0) is 14.5. The standard InChI is InChI=1S/C15H14ClNO3/c1-10(20-12-6-4-5-11(16)9-12)15(19)17-13-7-2-3-8-14(13)18/h2-10,18H,1H3,(H,17,19)/t10-/m0/s1. The number of carbonyl (C=O) groups is 1. The molecule has 0 bridgehead atoms. The number of rotatable bonds is 4. The molecule has 0 fully saturated rings. The Bertz CT molecular complexity index is 616. The van der Waals surface area contributed by atoms with Gasteiger partial charge < -0.3 is 15.2 Å². The number of halogens is 1. The topological polar surface area (TPSA) is 58.6 Å². The van der Waals surface area contributed by atoms with Crippen LogP contribution in [0.1, 0.15) is 6.92 Å². The summed E-state index contributed by atoms with van der Waals surface area (Å²) in [6, 6.07) is 13.3. The van der Waals surface area contributed by atoms with Crippen LogP contribution in [-0.4, -0.2) is 17.1 Å². The zero-order valence-corrected chi connectivity index (χ0v) is 11.6. The van der Waals surface area contributed by atoms with Crippen molar-refractivity contribution in [2.24, 2.45) is 0 Å². The van der Waals surface area contributed by atoms with Gasteiger partial charge in [0.25, 0.3) is 5.91 Å². The van der Waals surface area contributed by atoms with Crippen LogP contribution in [0.15, 0.2) is 48.5 Å². The molecule has 0 saturated carbocycles. The van der Waals surface area contributed by atoms with Crippen LogP contribution in [0.5, 0.6) is 11.5 Å². The first-order chi connectivity index (χ1) is 9.56. The lowest BCUT2D eigenvalue weighted by atomic mass is 10.2. The Morgan fingerprint density at radius 1 is 1.25 bits per heavy atom. The molecule has 0 aliphatic heterocycles. The molecular formula is C15H14ClNO3. The van der Waals surface area contributed by atoms with Crippen molar-refractivity contribution in [3.8, 4) is 11.5 Å². The fraction of sp³-hybridized carbons (Fsp3) is 0.133. The van der Waals surface area contributed by atoms with Crippen molar-refractivity contribution in [1.29, 1.82) is 0 Å². The molecule has 2 aromatic rings. The Balaban J connectivity index is 2.01. The van der Waals surface area contributed by atoms with Crippen LogP contribution < -0.4 is 10.1 Å². The first-order valence-corrected chi connectivity index (χ1v) is 6.45. The van der Waals surface area contributed by atoms with Gasteiger partial charge in [0.05, 0.1) is 5.69 Å². The fourth-order valence-electron chi connectivity index (χ4n) is 1.61. The van der Waals surface area contributed by atoms with E-state index in [0.717, 1.165) is 0 Å². The lowest BCUT2D eigenvalue weighted by molar-refractivity contribution is -0.122. The molecule has 0 aliphatic rings. The predicted molar refractivity (Wildman–Crippen MR) is 78.3 cm³/mol. The van der Waals surface area contributed by atoms with Crippen molar-refractivity contribution < 1.29 is 14.6 Å². The van der Waals surface area contributed by atoms with Crippen LogP contribution in [0, 0.1) is 0 Å². The summed E-state index contributed by atoms with van der Waals surface area (Å²) < 4.78 is 5.49. The Labute approximate surface area is 122 Å². The summed E-state index contributed by atoms with van der Waals surface area (Å²) in [7, 11) is 0. The minimum Gasteiger partial charge on any atom is -0.506 e. The molecule has 1 atom stereocenters. The lowest BCUT2D eigenvalue weighted by Gasteiger charge is -2.15. The average Bonchev–Trinajstić information content (AvgIpc) is 2.41. The number of hydrogen-bond acceptors (Lipinski definition) is 3. The van der Waals surface area contributed by atoms with Crippen molar-refractivity contribution in [2.75, 3.05) is 5.32 Å². The van der Waals surface area contributed by atoms with Crippen LogP contribution in [0.2, 0.25) is 5.02 Å². The van der Waals surface area contributed by atoms with Crippen molar-refractivity contribution in [1.82, 2.24) is 0 Å². The van der Waals surface area contributed by atoms with E-state index in [9.17, 15) is 9.90 Å². The largest absolute Gasteiger partial charge is 0.506 e. The molecule has 1 amide bonds. The normalized spacial score (nSPS) is 11.7. The van der Waals surface area contributed by atoms with Gasteiger partial charge in [-0.05, 0) is 37.3 Å². The molecule has 0 radical (unpaired) electrons. The lowest BCUT2D eigenvalue weighted by Crippen LogP contribution is -2.30. The monoisotopic (exact) mass is 291 g/mol. The molecule has 4 nitrogen and oxygen atoms in total. The number of anilines is 1. The van der Waals surface area contributed by atoms with E-state index in [2.05, 4.69) is 5.32 Å². The maximum absolute atomic E-state index is 12.0. The Hall–Kier alpha value is -2.20. The van der Waals surface area contributed by atoms with Gasteiger partial charge in [0, 0.05) is 5.02 Å². The van der Waals surface area contributed by atoms with Crippen LogP contribution in [0.4, 0.5) is 5.69 Å². The van der Waals surface area contributed by atoms with E-state index in [-0.39, 0.29) is 11.7 Å². The van der Waals surface area contributed by atoms with Gasteiger partial charge in [0.2, 0.25) is 0 Å². The summed E-state index contributed by atoms with van der Waals surface area (Å²) in [5.41, 5.74) is 0.346. The Morgan fingerprint density at radius 2 is 2.00 bits per heavy atom. The van der Waals surface area contributed by atoms with Gasteiger partial charge in [-0.2, -0.15) is 0 Å². The quantitative estimate of drug-likeness (QED) is 0.848. The Kier molecular flexibility index (Phi) is 4.48. The second kappa shape index (κ2) is 6.30. The summed E-state index contributed by atoms with van der Waals surface area (Å²) >= 11 is 5.84. The smallest absolute Gasteiger partial charge is 0.265 e. The highest BCUT2D eigenvalue weighted by atomic mass is 35.5. The van der Waals surface area contributed by atoms with Crippen LogP contribution in [0.3, 0.4) is 0 Å². The molecule has 0 spiro atoms. The van der Waals surface area contributed by atoms with Crippen LogP contribution in [0.25, 0.3) is 0 Å². The summed E-state index contributed by atoms with van der Waals surface area (Å²) in [6.07, 6.45) is -0.715. The van der Waals surface area contributed by atoms with Crippen LogP contribution >= 0.6 is 11.6 Å². The van der Waals surface area contributed by atoms with Gasteiger partial charge in [0.15, 0.2) is 6.10 Å². The molecule has 0 heterocycles. The van der Waals surface area contributed by atoms with Gasteiger partial charge in [-0.25, -0.2) is 0 Å². The maximum Gasteiger partial charge on any atom is 0.265 e. The fourth-order valence-corrected chi connectivity index (χ4v) is 1.79. The SMILES string of the molecule is C[C@H](Oc1cccc(Cl)c1)C(=O)Nc1ccccc1O. The minimum absolute atomic E-state index is 0.0100. The van der Waals surface area contributed by atoms with Gasteiger partial charge in [-0.1, -0.05) is 29.8 Å². The highest BCUT2D eigenvalue weighted by Gasteiger charge is 2.16. The number of hydrogen-bond donors (Lipinski definition) is 2. The van der Waals surface area contributed by atoms with Gasteiger partial charge in [-0.15, -0.1) is 0 Å². The van der Waals surface area contributed by atoms with Gasteiger partial charge in [0.1, 0.15) is 11.5 Å². The zero-order valence-electron chi connectivity index (χ0n) is 10.8. The minimum atomic E-state index is -0.715. The number of carbonyl (C=O) groups excluding carboxylic acids is 1. The molecule has 0 aromatic heterocycles. The van der Waals surface area contributed by atoms with Crippen LogP contribution in [-0.2, 0) is 4.79 Å². The number of phenols is 1. The predicted octanol–water partition coefficient (Wildman–Crippen LogP) is 3.45. The molecule has 2 N–H and O–H groups in total. The summed E-state index contributed by atoms with van der Waals surface area (Å²) in [6.45, 7) is 1.62. The van der Waals surface area contributed by atoms with Gasteiger partial charge >= 0.3 is 0 Å². The molecule has 2 rings (SSSR count). The van der Waals surface area contributed by atoms with E-state index >= 15 is 0 Å². The third-order valence-electron chi connectivity index (χ3n) is 2.64. The number of para-hydroxylation sites is 2. The highest BCUT2D eigenvalue weighted by molar-refractivity contribution is 6.30. The second-order valence-corrected chi connectivity index (χ2v) is 4.66. The number of ether oxygens (including phenoxy) is 1. The molecule has 0 unspecified atom stereocenters. The molecule has 2 aromatic carbocycles. The van der Waals surface area contributed by atoms with Crippen molar-refractivity contribution in [3.63, 3.8) is 0 Å². The molecule has 104 valence electrons. The molecule has 0 aliphatic carbocycles. The molecular weight excluding hydrogens is 278 g/mol. The van der Waals surface area contributed by atoms with E-state index in [0.29, 0.717) is 16.5 Å². The number of nitrogens with one attached hydrogen (secondary N) is 1. The molecule has 5 heteroatoms. The van der Waals surface area contributed by atoms with E-state index < -0.39 is 6.10 Å². The molecule has 20 heavy (non-hydrogen) atoms. The second-order valence-electron chi connectivity index (χ2n) is 4.22. The molecule has 0 saturated heterocycles. The van der Waals surface area contributed by atoms with E-state index in [1.165, 1.54) is 6.07 Å². The third kappa shape index (κ3) is 3.65. The third-order valence-corrected chi connectivity index (χ3v) is 2.88. The van der Waals surface area contributed by atoms with E-state index in [4.69, 9.17) is 16.3 Å². The summed E-state index contributed by atoms with van der Waals surface area (Å²) in [5.74, 6) is 0.166. The van der Waals surface area contributed by atoms with E-state index in [1.54, 1.807) is 49.4 Å². The summed E-state index contributed by atoms with van der Waals surface area (Å²) in [5, 5.41) is 12.7. The van der Waals surface area contributed by atoms with Gasteiger partial charge in [-0.3, -0.25) is 4.79 Å². The number of benzene rings is 2. The highest BCUT2D eigenvalue weighted by Crippen LogP contribution is 2.22. The van der Waals surface area contributed by atoms with Crippen molar-refractivity contribution in [2.45, 2.75) is 13.0 Å². The number of phenolic OH excluding ortho intramolecular Hbond substituents is 1. The number of amides is 1. The Morgan fingerprint density at radius 3 is 2.70 bits per heavy atom. The first-order valence-electron chi connectivity index (χ1n) is 6.07. The van der Waals surface area contributed by atoms with Crippen molar-refractivity contribution >= 4 is 23.2 Å². The average molecular weight is 292 g/mol. The number of aromatic hydroxyl groups is 1. The summed E-state index contributed by atoms with van der Waals surface area (Å²) in [4.78, 5) is 12.0. The maximum atomic E-state index is 12.0. The van der Waals surface area contributed by atoms with Crippen molar-refractivity contribution in [3.05, 3.63) is 53.6 Å². The van der Waals surface area contributed by atoms with E-state index in [1.807, 2.05) is 0 Å².